The highest BCUT2D eigenvalue weighted by Crippen LogP contribution is 2.30. The number of para-hydroxylation sites is 1. The fourth-order valence-electron chi connectivity index (χ4n) is 2.17. The molecule has 2 rings (SSSR count). The quantitative estimate of drug-likeness (QED) is 0.783. The van der Waals surface area contributed by atoms with E-state index in [9.17, 15) is 21.6 Å². The van der Waals surface area contributed by atoms with E-state index in [1.54, 1.807) is 14.1 Å². The second-order valence-electron chi connectivity index (χ2n) is 5.34. The summed E-state index contributed by atoms with van der Waals surface area (Å²) >= 11 is 1.47. The Kier molecular flexibility index (Phi) is 6.09. The maximum Gasteiger partial charge on any atom is 0.573 e. The van der Waals surface area contributed by atoms with E-state index in [4.69, 9.17) is 0 Å². The number of hydrogen-bond donors (Lipinski definition) is 1. The van der Waals surface area contributed by atoms with Gasteiger partial charge in [-0.25, -0.2) is 13.1 Å². The average molecular weight is 394 g/mol. The molecule has 0 radical (unpaired) electrons. The number of nitrogens with zero attached hydrogens (tertiary/aromatic N) is 1. The smallest absolute Gasteiger partial charge is 0.404 e. The first kappa shape index (κ1) is 19.7. The molecule has 1 atom stereocenters. The Hall–Kier alpha value is -1.62. The predicted molar refractivity (Wildman–Crippen MR) is 89.1 cm³/mol. The fourth-order valence-corrected chi connectivity index (χ4v) is 4.25. The van der Waals surface area contributed by atoms with Crippen LogP contribution in [-0.4, -0.2) is 40.3 Å². The maximum absolute atomic E-state index is 12.5. The van der Waals surface area contributed by atoms with Gasteiger partial charge in [0.2, 0.25) is 10.0 Å². The minimum Gasteiger partial charge on any atom is -0.404 e. The van der Waals surface area contributed by atoms with E-state index in [0.717, 1.165) is 17.0 Å². The van der Waals surface area contributed by atoms with Gasteiger partial charge in [0.1, 0.15) is 10.6 Å². The summed E-state index contributed by atoms with van der Waals surface area (Å²) in [5, 5.41) is 1.87. The topological polar surface area (TPSA) is 58.6 Å². The van der Waals surface area contributed by atoms with Crippen LogP contribution in [0.4, 0.5) is 13.2 Å². The van der Waals surface area contributed by atoms with Crippen molar-refractivity contribution in [1.29, 1.82) is 0 Å². The SMILES string of the molecule is CN(C)C(CNS(=O)(=O)c1ccccc1OC(F)(F)F)c1cccs1. The van der Waals surface area contributed by atoms with Crippen LogP contribution in [0.2, 0.25) is 0 Å². The molecule has 0 fully saturated rings. The van der Waals surface area contributed by atoms with Gasteiger partial charge in [-0.1, -0.05) is 18.2 Å². The van der Waals surface area contributed by atoms with Crippen LogP contribution in [0.3, 0.4) is 0 Å². The molecule has 2 aromatic rings. The van der Waals surface area contributed by atoms with Crippen LogP contribution < -0.4 is 9.46 Å². The van der Waals surface area contributed by atoms with Crippen molar-refractivity contribution in [2.24, 2.45) is 0 Å². The summed E-state index contributed by atoms with van der Waals surface area (Å²) in [6.07, 6.45) is -4.98. The first-order valence-corrected chi connectivity index (χ1v) is 9.51. The Balaban J connectivity index is 2.22. The Labute approximate surface area is 148 Å². The third-order valence-corrected chi connectivity index (χ3v) is 5.76. The van der Waals surface area contributed by atoms with Crippen molar-refractivity contribution in [2.75, 3.05) is 20.6 Å². The predicted octanol–water partition coefficient (Wildman–Crippen LogP) is 3.23. The summed E-state index contributed by atoms with van der Waals surface area (Å²) in [4.78, 5) is 2.20. The Morgan fingerprint density at radius 3 is 2.44 bits per heavy atom. The van der Waals surface area contributed by atoms with Crippen molar-refractivity contribution in [3.63, 3.8) is 0 Å². The second-order valence-corrected chi connectivity index (χ2v) is 8.06. The molecule has 138 valence electrons. The summed E-state index contributed by atoms with van der Waals surface area (Å²) in [7, 11) is -0.598. The Bertz CT molecular complexity index is 791. The molecule has 25 heavy (non-hydrogen) atoms. The van der Waals surface area contributed by atoms with Crippen LogP contribution in [-0.2, 0) is 10.0 Å². The van der Waals surface area contributed by atoms with Crippen molar-refractivity contribution in [3.8, 4) is 5.75 Å². The van der Waals surface area contributed by atoms with Gasteiger partial charge in [-0.15, -0.1) is 24.5 Å². The highest BCUT2D eigenvalue weighted by atomic mass is 32.2. The number of rotatable bonds is 7. The van der Waals surface area contributed by atoms with Crippen LogP contribution in [0.15, 0.2) is 46.7 Å². The summed E-state index contributed by atoms with van der Waals surface area (Å²) in [6, 6.07) is 8.10. The lowest BCUT2D eigenvalue weighted by Gasteiger charge is -2.23. The monoisotopic (exact) mass is 394 g/mol. The van der Waals surface area contributed by atoms with Gasteiger partial charge in [0.15, 0.2) is 0 Å². The molecule has 1 N–H and O–H groups in total. The number of hydrogen-bond acceptors (Lipinski definition) is 5. The van der Waals surface area contributed by atoms with Crippen molar-refractivity contribution >= 4 is 21.4 Å². The Morgan fingerprint density at radius 2 is 1.88 bits per heavy atom. The number of benzene rings is 1. The third kappa shape index (κ3) is 5.43. The summed E-state index contributed by atoms with van der Waals surface area (Å²) < 4.78 is 68.5. The van der Waals surface area contributed by atoms with Gasteiger partial charge in [0.05, 0.1) is 6.04 Å². The van der Waals surface area contributed by atoms with Gasteiger partial charge in [-0.2, -0.15) is 0 Å². The zero-order valence-corrected chi connectivity index (χ0v) is 15.1. The summed E-state index contributed by atoms with van der Waals surface area (Å²) in [5.41, 5.74) is 0. The van der Waals surface area contributed by atoms with Crippen LogP contribution in [0.25, 0.3) is 0 Å². The van der Waals surface area contributed by atoms with Gasteiger partial charge in [0.25, 0.3) is 0 Å². The zero-order valence-electron chi connectivity index (χ0n) is 13.4. The molecule has 1 unspecified atom stereocenters. The van der Waals surface area contributed by atoms with Crippen molar-refractivity contribution in [2.45, 2.75) is 17.3 Å². The molecule has 0 aliphatic heterocycles. The Morgan fingerprint density at radius 1 is 1.20 bits per heavy atom. The fraction of sp³-hybridized carbons (Fsp3) is 0.333. The van der Waals surface area contributed by atoms with Crippen molar-refractivity contribution < 1.29 is 26.3 Å². The van der Waals surface area contributed by atoms with E-state index in [1.165, 1.54) is 23.5 Å². The molecule has 1 aromatic heterocycles. The summed E-state index contributed by atoms with van der Waals surface area (Å²) in [5.74, 6) is -0.764. The molecule has 1 aromatic carbocycles. The molecule has 0 aliphatic carbocycles. The van der Waals surface area contributed by atoms with Gasteiger partial charge in [-0.3, -0.25) is 0 Å². The minimum atomic E-state index is -4.98. The van der Waals surface area contributed by atoms with Crippen LogP contribution >= 0.6 is 11.3 Å². The molecule has 0 bridgehead atoms. The number of thiophene rings is 1. The molecule has 0 saturated heterocycles. The van der Waals surface area contributed by atoms with E-state index in [-0.39, 0.29) is 12.6 Å². The molecule has 0 aliphatic rings. The highest BCUT2D eigenvalue weighted by molar-refractivity contribution is 7.89. The number of likely N-dealkylation sites (N-methyl/N-ethyl adjacent to an activating group) is 1. The minimum absolute atomic E-state index is 0.0101. The average Bonchev–Trinajstić information content (AvgIpc) is 2.99. The second kappa shape index (κ2) is 7.73. The van der Waals surface area contributed by atoms with Crippen molar-refractivity contribution in [3.05, 3.63) is 46.7 Å². The molecule has 0 spiro atoms. The number of nitrogens with one attached hydrogen (secondary N) is 1. The molecule has 5 nitrogen and oxygen atoms in total. The van der Waals surface area contributed by atoms with Crippen LogP contribution in [0.5, 0.6) is 5.75 Å². The van der Waals surface area contributed by atoms with Crippen LogP contribution in [0, 0.1) is 0 Å². The first-order valence-electron chi connectivity index (χ1n) is 7.14. The third-order valence-electron chi connectivity index (χ3n) is 3.33. The van der Waals surface area contributed by atoms with Crippen LogP contribution in [0.1, 0.15) is 10.9 Å². The number of halogens is 3. The van der Waals surface area contributed by atoms with Gasteiger partial charge in [-0.05, 0) is 37.7 Å². The van der Waals surface area contributed by atoms with E-state index in [2.05, 4.69) is 9.46 Å². The lowest BCUT2D eigenvalue weighted by molar-refractivity contribution is -0.275. The first-order chi connectivity index (χ1) is 11.6. The normalized spacial score (nSPS) is 13.8. The largest absolute Gasteiger partial charge is 0.573 e. The number of alkyl halides is 3. The number of sulfonamides is 1. The molecular formula is C15H17F3N2O3S2. The molecule has 0 amide bonds. The van der Waals surface area contributed by atoms with E-state index in [1.807, 2.05) is 22.4 Å². The molecule has 0 saturated carbocycles. The molecular weight excluding hydrogens is 377 g/mol. The summed E-state index contributed by atoms with van der Waals surface area (Å²) in [6.45, 7) is 0.0101. The molecule has 10 heteroatoms. The molecule has 1 heterocycles. The number of ether oxygens (including phenoxy) is 1. The zero-order chi connectivity index (χ0) is 18.7. The van der Waals surface area contributed by atoms with Gasteiger partial charge < -0.3 is 9.64 Å². The van der Waals surface area contributed by atoms with E-state index >= 15 is 0 Å². The van der Waals surface area contributed by atoms with E-state index in [0.29, 0.717) is 0 Å². The maximum atomic E-state index is 12.5. The van der Waals surface area contributed by atoms with Gasteiger partial charge >= 0.3 is 6.36 Å². The highest BCUT2D eigenvalue weighted by Gasteiger charge is 2.34. The lowest BCUT2D eigenvalue weighted by Crippen LogP contribution is -2.34. The van der Waals surface area contributed by atoms with E-state index < -0.39 is 27.0 Å². The van der Waals surface area contributed by atoms with Gasteiger partial charge in [0, 0.05) is 11.4 Å². The van der Waals surface area contributed by atoms with Crippen molar-refractivity contribution in [1.82, 2.24) is 9.62 Å². The lowest BCUT2D eigenvalue weighted by atomic mass is 10.2. The standard InChI is InChI=1S/C15H17F3N2O3S2/c1-20(2)11(13-7-5-9-24-13)10-19-25(21,22)14-8-4-3-6-12(14)23-15(16,17)18/h3-9,11,19H,10H2,1-2H3.